The van der Waals surface area contributed by atoms with Crippen molar-refractivity contribution in [1.82, 2.24) is 0 Å². The van der Waals surface area contributed by atoms with Crippen LogP contribution in [0.3, 0.4) is 0 Å². The smallest absolute Gasteiger partial charge is 0.342 e. The second-order valence-corrected chi connectivity index (χ2v) is 3.72. The van der Waals surface area contributed by atoms with Crippen LogP contribution in [0.2, 0.25) is 0 Å². The molecular weight excluding hydrogens is 147 g/mol. The fraction of sp³-hybridized carbons (Fsp3) is 1.00. The second-order valence-electron chi connectivity index (χ2n) is 1.07. The minimum absolute atomic E-state index is 0.204. The molecule has 0 saturated heterocycles. The van der Waals surface area contributed by atoms with Crippen molar-refractivity contribution < 1.29 is 18.2 Å². The lowest BCUT2D eigenvalue weighted by Gasteiger charge is -2.05. The molecule has 1 N–H and O–H groups in total. The van der Waals surface area contributed by atoms with E-state index in [4.69, 9.17) is 4.89 Å². The van der Waals surface area contributed by atoms with Gasteiger partial charge >= 0.3 is 7.82 Å². The van der Waals surface area contributed by atoms with Crippen molar-refractivity contribution >= 4 is 18.3 Å². The molecule has 0 saturated carbocycles. The average molecular weight is 156 g/mol. The van der Waals surface area contributed by atoms with E-state index in [9.17, 15) is 4.57 Å². The van der Waals surface area contributed by atoms with Crippen molar-refractivity contribution in [2.24, 2.45) is 0 Å². The predicted octanol–water partition coefficient (Wildman–Crippen LogP) is -0.580. The second kappa shape index (κ2) is 3.37. The summed E-state index contributed by atoms with van der Waals surface area (Å²) in [7, 11) is -3.39. The van der Waals surface area contributed by atoms with Crippen molar-refractivity contribution in [3.8, 4) is 0 Å². The van der Waals surface area contributed by atoms with Gasteiger partial charge in [0.25, 0.3) is 0 Å². The Kier molecular flexibility index (Phi) is 3.51. The maximum atomic E-state index is 10.3. The number of hydrogen-bond donors (Lipinski definition) is 1. The van der Waals surface area contributed by atoms with E-state index in [1.165, 1.54) is 0 Å². The van der Waals surface area contributed by atoms with Gasteiger partial charge in [0.05, 0.1) is 6.61 Å². The summed E-state index contributed by atoms with van der Waals surface area (Å²) in [6, 6.07) is 0. The molecule has 0 radical (unpaired) electrons. The topological polar surface area (TPSA) is 55.8 Å². The van der Waals surface area contributed by atoms with Gasteiger partial charge in [-0.1, -0.05) is 0 Å². The largest absolute Gasteiger partial charge is 0.461 e. The number of rotatable bonds is 3. The minimum Gasteiger partial charge on any atom is -0.342 e. The summed E-state index contributed by atoms with van der Waals surface area (Å²) in [6.07, 6.45) is 0. The molecule has 50 valence electrons. The van der Waals surface area contributed by atoms with Crippen molar-refractivity contribution in [1.29, 1.82) is 0 Å². The average Bonchev–Trinajstić information content (AvgIpc) is 1.67. The van der Waals surface area contributed by atoms with Crippen LogP contribution in [0.4, 0.5) is 0 Å². The molecule has 0 aromatic rings. The van der Waals surface area contributed by atoms with E-state index in [1.54, 1.807) is 6.92 Å². The van der Waals surface area contributed by atoms with Crippen LogP contribution in [-0.4, -0.2) is 22.0 Å². The van der Waals surface area contributed by atoms with Gasteiger partial charge in [-0.15, -0.1) is 0 Å². The first-order valence-corrected chi connectivity index (χ1v) is 4.46. The molecular formula is C2H9O4PSi. The fourth-order valence-electron chi connectivity index (χ4n) is 0.216. The Morgan fingerprint density at radius 2 is 2.38 bits per heavy atom. The molecule has 0 heterocycles. The lowest BCUT2D eigenvalue weighted by atomic mass is 10.9. The molecule has 0 aliphatic heterocycles. The van der Waals surface area contributed by atoms with Gasteiger partial charge in [-0.2, -0.15) is 0 Å². The highest BCUT2D eigenvalue weighted by Gasteiger charge is 2.14. The van der Waals surface area contributed by atoms with Gasteiger partial charge in [0, 0.05) is 0 Å². The summed E-state index contributed by atoms with van der Waals surface area (Å²) in [5, 5.41) is 0. The standard InChI is InChI=1S/C2H9O4PSi/c1-2-5-7(3,4)6-8/h2H2,1,8H3,(H,3,4). The monoisotopic (exact) mass is 156 g/mol. The van der Waals surface area contributed by atoms with Crippen LogP contribution in [0, 0.1) is 0 Å². The first-order chi connectivity index (χ1) is 3.62. The molecule has 6 heteroatoms. The molecule has 4 nitrogen and oxygen atoms in total. The lowest BCUT2D eigenvalue weighted by molar-refractivity contribution is 0.218. The van der Waals surface area contributed by atoms with Crippen LogP contribution in [0.15, 0.2) is 0 Å². The molecule has 1 atom stereocenters. The predicted molar refractivity (Wildman–Crippen MR) is 32.5 cm³/mol. The quantitative estimate of drug-likeness (QED) is 0.438. The molecule has 0 aliphatic carbocycles. The van der Waals surface area contributed by atoms with Crippen molar-refractivity contribution in [3.05, 3.63) is 0 Å². The summed E-state index contributed by atoms with van der Waals surface area (Å²) < 4.78 is 18.8. The van der Waals surface area contributed by atoms with E-state index in [2.05, 4.69) is 8.74 Å². The third kappa shape index (κ3) is 3.34. The van der Waals surface area contributed by atoms with Gasteiger partial charge in [0.2, 0.25) is 0 Å². The van der Waals surface area contributed by atoms with Crippen LogP contribution in [0.25, 0.3) is 0 Å². The third-order valence-electron chi connectivity index (χ3n) is 0.523. The van der Waals surface area contributed by atoms with E-state index in [1.807, 2.05) is 0 Å². The molecule has 0 aromatic heterocycles. The van der Waals surface area contributed by atoms with Gasteiger partial charge in [0.15, 0.2) is 10.5 Å². The highest BCUT2D eigenvalue weighted by atomic mass is 31.2. The zero-order chi connectivity index (χ0) is 6.62. The summed E-state index contributed by atoms with van der Waals surface area (Å²) in [6.45, 7) is 1.83. The highest BCUT2D eigenvalue weighted by Crippen LogP contribution is 2.40. The van der Waals surface area contributed by atoms with Crippen LogP contribution in [0.1, 0.15) is 6.92 Å². The van der Waals surface area contributed by atoms with E-state index < -0.39 is 7.82 Å². The minimum atomic E-state index is -3.61. The van der Waals surface area contributed by atoms with E-state index in [-0.39, 0.29) is 17.1 Å². The molecule has 0 bridgehead atoms. The highest BCUT2D eigenvalue weighted by molar-refractivity contribution is 7.48. The Hall–Kier alpha value is 0.327. The molecule has 0 amide bonds. The van der Waals surface area contributed by atoms with Crippen molar-refractivity contribution in [2.45, 2.75) is 6.92 Å². The molecule has 8 heavy (non-hydrogen) atoms. The summed E-state index contributed by atoms with van der Waals surface area (Å²) in [5.74, 6) is 0. The van der Waals surface area contributed by atoms with Gasteiger partial charge in [-0.25, -0.2) is 4.57 Å². The molecule has 0 spiro atoms. The summed E-state index contributed by atoms with van der Waals surface area (Å²) >= 11 is 0. The van der Waals surface area contributed by atoms with E-state index in [0.717, 1.165) is 0 Å². The Morgan fingerprint density at radius 1 is 1.88 bits per heavy atom. The first-order valence-electron chi connectivity index (χ1n) is 2.15. The molecule has 0 aromatic carbocycles. The number of phosphoric acid groups is 1. The van der Waals surface area contributed by atoms with Gasteiger partial charge in [0.1, 0.15) is 0 Å². The van der Waals surface area contributed by atoms with Gasteiger partial charge < -0.3 is 9.11 Å². The van der Waals surface area contributed by atoms with Gasteiger partial charge in [-0.05, 0) is 6.92 Å². The molecule has 1 unspecified atom stereocenters. The SMILES string of the molecule is CCOP(=O)(O)O[SiH3]. The number of phosphoric ester groups is 1. The summed E-state index contributed by atoms with van der Waals surface area (Å²) in [4.78, 5) is 8.47. The van der Waals surface area contributed by atoms with Crippen LogP contribution >= 0.6 is 7.82 Å². The Morgan fingerprint density at radius 3 is 2.50 bits per heavy atom. The summed E-state index contributed by atoms with van der Waals surface area (Å²) in [5.41, 5.74) is 0. The van der Waals surface area contributed by atoms with E-state index in [0.29, 0.717) is 0 Å². The lowest BCUT2D eigenvalue weighted by Crippen LogP contribution is -1.90. The molecule has 0 rings (SSSR count). The van der Waals surface area contributed by atoms with Crippen LogP contribution < -0.4 is 0 Å². The van der Waals surface area contributed by atoms with Crippen molar-refractivity contribution in [2.75, 3.05) is 6.61 Å². The zero-order valence-corrected chi connectivity index (χ0v) is 7.72. The van der Waals surface area contributed by atoms with Crippen LogP contribution in [0.5, 0.6) is 0 Å². The maximum absolute atomic E-state index is 10.3. The Labute approximate surface area is 51.0 Å². The normalized spacial score (nSPS) is 18.2. The zero-order valence-electron chi connectivity index (χ0n) is 4.83. The first kappa shape index (κ1) is 8.33. The Bertz CT molecular complexity index is 104. The van der Waals surface area contributed by atoms with Crippen LogP contribution in [-0.2, 0) is 13.3 Å². The Balaban J connectivity index is 3.55. The van der Waals surface area contributed by atoms with Crippen molar-refractivity contribution in [3.63, 3.8) is 0 Å². The molecule has 0 fully saturated rings. The fourth-order valence-corrected chi connectivity index (χ4v) is 0.964. The van der Waals surface area contributed by atoms with E-state index >= 15 is 0 Å². The third-order valence-corrected chi connectivity index (χ3v) is 2.95. The molecule has 0 aliphatic rings. The number of hydrogen-bond acceptors (Lipinski definition) is 3. The van der Waals surface area contributed by atoms with Gasteiger partial charge in [-0.3, -0.25) is 4.52 Å². The maximum Gasteiger partial charge on any atom is 0.461 e.